The van der Waals surface area contributed by atoms with Crippen LogP contribution in [0.5, 0.6) is 0 Å². The lowest BCUT2D eigenvalue weighted by atomic mass is 9.99. The molecule has 3 aromatic rings. The summed E-state index contributed by atoms with van der Waals surface area (Å²) in [6.45, 7) is 2.57. The lowest BCUT2D eigenvalue weighted by Gasteiger charge is -2.04. The van der Waals surface area contributed by atoms with Gasteiger partial charge < -0.3 is 9.84 Å². The van der Waals surface area contributed by atoms with Crippen LogP contribution in [0.15, 0.2) is 65.2 Å². The van der Waals surface area contributed by atoms with Gasteiger partial charge in [-0.05, 0) is 31.4 Å². The van der Waals surface area contributed by atoms with Gasteiger partial charge in [-0.25, -0.2) is 0 Å². The number of aryl methyl sites for hydroxylation is 2. The molecule has 6 nitrogen and oxygen atoms in total. The lowest BCUT2D eigenvalue weighted by molar-refractivity contribution is 0.103. The first-order valence-electron chi connectivity index (χ1n) is 8.89. The molecule has 1 aromatic heterocycles. The Morgan fingerprint density at radius 3 is 2.59 bits per heavy atom. The van der Waals surface area contributed by atoms with Crippen LogP contribution in [-0.4, -0.2) is 23.4 Å². The Morgan fingerprint density at radius 1 is 1.04 bits per heavy atom. The van der Waals surface area contributed by atoms with Crippen molar-refractivity contribution in [2.24, 2.45) is 0 Å². The summed E-state index contributed by atoms with van der Waals surface area (Å²) in [5, 5.41) is 17.3. The third-order valence-corrected chi connectivity index (χ3v) is 4.06. The zero-order valence-corrected chi connectivity index (χ0v) is 15.2. The molecule has 0 bridgehead atoms. The number of carbonyl (C=O) groups is 1. The van der Waals surface area contributed by atoms with E-state index in [0.29, 0.717) is 30.0 Å². The highest BCUT2D eigenvalue weighted by atomic mass is 16.5. The molecule has 6 heteroatoms. The third kappa shape index (κ3) is 5.04. The number of anilines is 1. The highest BCUT2D eigenvalue weighted by Gasteiger charge is 2.10. The molecule has 0 atom stereocenters. The molecule has 3 rings (SSSR count). The second-order valence-corrected chi connectivity index (χ2v) is 6.11. The molecule has 0 fully saturated rings. The van der Waals surface area contributed by atoms with E-state index < -0.39 is 0 Å². The molecule has 0 unspecified atom stereocenters. The number of guanidine groups is 1. The van der Waals surface area contributed by atoms with Gasteiger partial charge in [-0.2, -0.15) is 0 Å². The normalized spacial score (nSPS) is 10.4. The molecule has 2 aromatic carbocycles. The second-order valence-electron chi connectivity index (χ2n) is 6.11. The van der Waals surface area contributed by atoms with Crippen LogP contribution in [0.3, 0.4) is 0 Å². The number of benzene rings is 2. The van der Waals surface area contributed by atoms with Crippen LogP contribution < -0.4 is 10.6 Å². The molecule has 27 heavy (non-hydrogen) atoms. The second kappa shape index (κ2) is 8.80. The van der Waals surface area contributed by atoms with Gasteiger partial charge in [0.05, 0.1) is 5.69 Å². The Bertz CT molecular complexity index is 919. The molecular weight excluding hydrogens is 340 g/mol. The molecular formula is C21H22N4O2. The number of aromatic nitrogens is 1. The molecule has 138 valence electrons. The summed E-state index contributed by atoms with van der Waals surface area (Å²) in [5.41, 5.74) is 3.22. The van der Waals surface area contributed by atoms with Gasteiger partial charge in [0, 0.05) is 23.7 Å². The Kier molecular flexibility index (Phi) is 5.99. The van der Waals surface area contributed by atoms with Gasteiger partial charge >= 0.3 is 0 Å². The van der Waals surface area contributed by atoms with Crippen molar-refractivity contribution in [2.75, 3.05) is 11.9 Å². The van der Waals surface area contributed by atoms with Gasteiger partial charge in [-0.15, -0.1) is 0 Å². The van der Waals surface area contributed by atoms with E-state index in [9.17, 15) is 4.79 Å². The molecule has 0 aliphatic rings. The average Bonchev–Trinajstić information content (AvgIpc) is 3.14. The summed E-state index contributed by atoms with van der Waals surface area (Å²) < 4.78 is 5.19. The van der Waals surface area contributed by atoms with Crippen molar-refractivity contribution >= 4 is 17.6 Å². The first kappa shape index (κ1) is 18.4. The number of hydrogen-bond acceptors (Lipinski definition) is 4. The van der Waals surface area contributed by atoms with Crippen molar-refractivity contribution in [3.63, 3.8) is 0 Å². The van der Waals surface area contributed by atoms with Gasteiger partial charge in [0.15, 0.2) is 11.7 Å². The van der Waals surface area contributed by atoms with Crippen molar-refractivity contribution in [2.45, 2.75) is 19.8 Å². The zero-order chi connectivity index (χ0) is 19.1. The van der Waals surface area contributed by atoms with Crippen molar-refractivity contribution < 1.29 is 9.32 Å². The molecule has 0 saturated carbocycles. The van der Waals surface area contributed by atoms with Gasteiger partial charge in [0.25, 0.3) is 0 Å². The van der Waals surface area contributed by atoms with Crippen LogP contribution >= 0.6 is 0 Å². The molecule has 0 aliphatic carbocycles. The standard InChI is InChI=1S/C21H22N4O2/c1-2-23-21(22)24-19-14-18(25-27-19)12-11-15-7-6-10-17(13-15)20(26)16-8-4-3-5-9-16/h3-10,13-14H,2,11-12H2,1H3,(H3,22,23,24). The SMILES string of the molecule is CCNC(=N)Nc1cc(CCc2cccc(C(=O)c3ccccc3)c2)no1. The lowest BCUT2D eigenvalue weighted by Crippen LogP contribution is -2.28. The first-order valence-corrected chi connectivity index (χ1v) is 8.89. The number of nitrogens with one attached hydrogen (secondary N) is 3. The zero-order valence-electron chi connectivity index (χ0n) is 15.2. The third-order valence-electron chi connectivity index (χ3n) is 4.06. The van der Waals surface area contributed by atoms with Crippen LogP contribution in [-0.2, 0) is 12.8 Å². The van der Waals surface area contributed by atoms with Crippen LogP contribution in [0, 0.1) is 5.41 Å². The van der Waals surface area contributed by atoms with E-state index in [2.05, 4.69) is 15.8 Å². The molecule has 0 radical (unpaired) electrons. The molecule has 0 amide bonds. The maximum Gasteiger partial charge on any atom is 0.231 e. The maximum absolute atomic E-state index is 12.6. The molecule has 0 spiro atoms. The van der Waals surface area contributed by atoms with Gasteiger partial charge in [-0.1, -0.05) is 53.7 Å². The summed E-state index contributed by atoms with van der Waals surface area (Å²) in [6, 6.07) is 18.7. The van der Waals surface area contributed by atoms with E-state index in [4.69, 9.17) is 9.93 Å². The number of nitrogens with zero attached hydrogens (tertiary/aromatic N) is 1. The minimum atomic E-state index is 0.0207. The summed E-state index contributed by atoms with van der Waals surface area (Å²) in [4.78, 5) is 12.6. The van der Waals surface area contributed by atoms with E-state index in [1.54, 1.807) is 6.07 Å². The summed E-state index contributed by atoms with van der Waals surface area (Å²) >= 11 is 0. The van der Waals surface area contributed by atoms with Crippen LogP contribution in [0.25, 0.3) is 0 Å². The Labute approximate surface area is 158 Å². The van der Waals surface area contributed by atoms with Crippen LogP contribution in [0.4, 0.5) is 5.88 Å². The summed E-state index contributed by atoms with van der Waals surface area (Å²) in [7, 11) is 0. The van der Waals surface area contributed by atoms with E-state index in [0.717, 1.165) is 17.7 Å². The van der Waals surface area contributed by atoms with Crippen LogP contribution in [0.1, 0.15) is 34.1 Å². The van der Waals surface area contributed by atoms with E-state index in [-0.39, 0.29) is 11.7 Å². The molecule has 3 N–H and O–H groups in total. The van der Waals surface area contributed by atoms with Gasteiger partial charge in [0.2, 0.25) is 5.88 Å². The minimum absolute atomic E-state index is 0.0207. The predicted octanol–water partition coefficient (Wildman–Crippen LogP) is 3.65. The van der Waals surface area contributed by atoms with Gasteiger partial charge in [-0.3, -0.25) is 15.5 Å². The number of rotatable bonds is 7. The Balaban J connectivity index is 1.61. The Hall–Kier alpha value is -3.41. The number of ketones is 1. The van der Waals surface area contributed by atoms with E-state index in [1.807, 2.05) is 61.5 Å². The van der Waals surface area contributed by atoms with Gasteiger partial charge in [0.1, 0.15) is 0 Å². The van der Waals surface area contributed by atoms with E-state index >= 15 is 0 Å². The number of hydrogen-bond donors (Lipinski definition) is 3. The van der Waals surface area contributed by atoms with Crippen molar-refractivity contribution in [1.29, 1.82) is 5.41 Å². The fourth-order valence-electron chi connectivity index (χ4n) is 2.73. The first-order chi connectivity index (χ1) is 13.2. The monoisotopic (exact) mass is 362 g/mol. The molecule has 0 saturated heterocycles. The average molecular weight is 362 g/mol. The van der Waals surface area contributed by atoms with Crippen molar-refractivity contribution in [1.82, 2.24) is 10.5 Å². The maximum atomic E-state index is 12.6. The molecule has 1 heterocycles. The smallest absolute Gasteiger partial charge is 0.231 e. The van der Waals surface area contributed by atoms with E-state index in [1.165, 1.54) is 0 Å². The van der Waals surface area contributed by atoms with Crippen molar-refractivity contribution in [3.8, 4) is 0 Å². The highest BCUT2D eigenvalue weighted by Crippen LogP contribution is 2.15. The fraction of sp³-hybridized carbons (Fsp3) is 0.190. The summed E-state index contributed by atoms with van der Waals surface area (Å²) in [5.74, 6) is 0.628. The fourth-order valence-corrected chi connectivity index (χ4v) is 2.73. The van der Waals surface area contributed by atoms with Crippen molar-refractivity contribution in [3.05, 3.63) is 83.0 Å². The van der Waals surface area contributed by atoms with Crippen LogP contribution in [0.2, 0.25) is 0 Å². The topological polar surface area (TPSA) is 91.0 Å². The highest BCUT2D eigenvalue weighted by molar-refractivity contribution is 6.09. The Morgan fingerprint density at radius 2 is 1.81 bits per heavy atom. The number of carbonyl (C=O) groups excluding carboxylic acids is 1. The summed E-state index contributed by atoms with van der Waals surface area (Å²) in [6.07, 6.45) is 1.43. The predicted molar refractivity (Wildman–Crippen MR) is 105 cm³/mol. The minimum Gasteiger partial charge on any atom is -0.357 e. The molecule has 0 aliphatic heterocycles. The largest absolute Gasteiger partial charge is 0.357 e. The quantitative estimate of drug-likeness (QED) is 0.339.